The lowest BCUT2D eigenvalue weighted by atomic mass is 9.98. The molecule has 1 atom stereocenters. The molecule has 2 fully saturated rings. The summed E-state index contributed by atoms with van der Waals surface area (Å²) < 4.78 is 16.8. The largest absolute Gasteiger partial charge is 0.497 e. The monoisotopic (exact) mass is 437 g/mol. The number of methoxy groups -OCH3 is 1. The Morgan fingerprint density at radius 2 is 1.88 bits per heavy atom. The van der Waals surface area contributed by atoms with Crippen LogP contribution in [0, 0.1) is 0 Å². The number of ether oxygens (including phenoxy) is 3. The van der Waals surface area contributed by atoms with E-state index in [2.05, 4.69) is 51.6 Å². The molecule has 0 aromatic heterocycles. The van der Waals surface area contributed by atoms with E-state index in [1.54, 1.807) is 7.11 Å². The van der Waals surface area contributed by atoms with E-state index in [1.165, 1.54) is 16.7 Å². The summed E-state index contributed by atoms with van der Waals surface area (Å²) in [4.78, 5) is 6.89. The molecule has 4 rings (SSSR count). The van der Waals surface area contributed by atoms with Gasteiger partial charge in [-0.15, -0.1) is 0 Å². The second kappa shape index (κ2) is 11.3. The van der Waals surface area contributed by atoms with Gasteiger partial charge in [-0.2, -0.15) is 0 Å². The number of benzene rings is 2. The second-order valence-corrected chi connectivity index (χ2v) is 8.55. The highest BCUT2D eigenvalue weighted by molar-refractivity contribution is 5.80. The molecule has 0 amide bonds. The molecule has 0 radical (unpaired) electrons. The molecule has 0 spiro atoms. The third-order valence-corrected chi connectivity index (χ3v) is 6.38. The van der Waals surface area contributed by atoms with E-state index in [0.717, 1.165) is 63.8 Å². The Labute approximate surface area is 191 Å². The zero-order valence-corrected chi connectivity index (χ0v) is 19.3. The molecule has 6 nitrogen and oxygen atoms in total. The minimum Gasteiger partial charge on any atom is -0.497 e. The zero-order valence-electron chi connectivity index (χ0n) is 19.3. The van der Waals surface area contributed by atoms with Gasteiger partial charge in [-0.3, -0.25) is 4.99 Å². The molecule has 0 saturated carbocycles. The van der Waals surface area contributed by atoms with Crippen molar-refractivity contribution in [2.45, 2.75) is 44.4 Å². The van der Waals surface area contributed by atoms with Crippen LogP contribution >= 0.6 is 0 Å². The fraction of sp³-hybridized carbons (Fsp3) is 0.500. The van der Waals surface area contributed by atoms with Crippen LogP contribution in [0.5, 0.6) is 5.75 Å². The molecule has 2 aliphatic rings. The van der Waals surface area contributed by atoms with Gasteiger partial charge < -0.3 is 24.4 Å². The molecular formula is C26H35N3O3. The Hall–Kier alpha value is -2.57. The summed E-state index contributed by atoms with van der Waals surface area (Å²) >= 11 is 0. The van der Waals surface area contributed by atoms with Crippen molar-refractivity contribution in [1.29, 1.82) is 0 Å². The van der Waals surface area contributed by atoms with Crippen molar-refractivity contribution in [1.82, 2.24) is 10.2 Å². The molecule has 1 unspecified atom stereocenters. The molecule has 2 aromatic rings. The highest BCUT2D eigenvalue weighted by Gasteiger charge is 2.26. The molecular weight excluding hydrogens is 402 g/mol. The lowest BCUT2D eigenvalue weighted by Crippen LogP contribution is -2.39. The summed E-state index contributed by atoms with van der Waals surface area (Å²) in [6.07, 6.45) is 3.43. The first kappa shape index (κ1) is 22.6. The van der Waals surface area contributed by atoms with Gasteiger partial charge >= 0.3 is 0 Å². The Bertz CT molecular complexity index is 878. The smallest absolute Gasteiger partial charge is 0.193 e. The van der Waals surface area contributed by atoms with Crippen molar-refractivity contribution < 1.29 is 14.2 Å². The summed E-state index contributed by atoms with van der Waals surface area (Å²) in [5.74, 6) is 2.39. The van der Waals surface area contributed by atoms with Crippen LogP contribution in [0.25, 0.3) is 0 Å². The average molecular weight is 438 g/mol. The van der Waals surface area contributed by atoms with E-state index in [-0.39, 0.29) is 0 Å². The van der Waals surface area contributed by atoms with Gasteiger partial charge in [0, 0.05) is 45.8 Å². The average Bonchev–Trinajstić information content (AvgIpc) is 3.34. The quantitative estimate of drug-likeness (QED) is 0.525. The maximum absolute atomic E-state index is 6.08. The number of nitrogens with one attached hydrogen (secondary N) is 1. The van der Waals surface area contributed by atoms with Gasteiger partial charge in [0.25, 0.3) is 0 Å². The third kappa shape index (κ3) is 6.02. The number of rotatable bonds is 7. The summed E-state index contributed by atoms with van der Waals surface area (Å²) in [5.41, 5.74) is 3.82. The first-order chi connectivity index (χ1) is 15.7. The summed E-state index contributed by atoms with van der Waals surface area (Å²) in [7, 11) is 3.57. The van der Waals surface area contributed by atoms with E-state index in [0.29, 0.717) is 18.6 Å². The van der Waals surface area contributed by atoms with Crippen molar-refractivity contribution in [3.63, 3.8) is 0 Å². The van der Waals surface area contributed by atoms with Crippen molar-refractivity contribution in [3.8, 4) is 5.75 Å². The summed E-state index contributed by atoms with van der Waals surface area (Å²) in [6.45, 7) is 5.01. The van der Waals surface area contributed by atoms with Crippen LogP contribution in [0.3, 0.4) is 0 Å². The highest BCUT2D eigenvalue weighted by Crippen LogP contribution is 2.28. The van der Waals surface area contributed by atoms with E-state index in [4.69, 9.17) is 14.2 Å². The van der Waals surface area contributed by atoms with Crippen LogP contribution in [0.15, 0.2) is 53.5 Å². The molecule has 6 heteroatoms. The number of hydrogen-bond acceptors (Lipinski definition) is 4. The molecule has 0 bridgehead atoms. The Morgan fingerprint density at radius 3 is 2.62 bits per heavy atom. The van der Waals surface area contributed by atoms with Crippen molar-refractivity contribution in [2.24, 2.45) is 4.99 Å². The van der Waals surface area contributed by atoms with Crippen molar-refractivity contribution in [3.05, 3.63) is 65.2 Å². The normalized spacial score (nSPS) is 19.9. The number of nitrogens with zero attached hydrogens (tertiary/aromatic N) is 2. The molecule has 172 valence electrons. The molecule has 1 N–H and O–H groups in total. The third-order valence-electron chi connectivity index (χ3n) is 6.38. The van der Waals surface area contributed by atoms with Gasteiger partial charge in [0.15, 0.2) is 5.96 Å². The lowest BCUT2D eigenvalue weighted by Gasteiger charge is -2.23. The lowest BCUT2D eigenvalue weighted by molar-refractivity contribution is -0.0390. The summed E-state index contributed by atoms with van der Waals surface area (Å²) in [6, 6.07) is 17.1. The molecule has 32 heavy (non-hydrogen) atoms. The van der Waals surface area contributed by atoms with Gasteiger partial charge in [-0.1, -0.05) is 36.4 Å². The maximum atomic E-state index is 6.08. The first-order valence-corrected chi connectivity index (χ1v) is 11.6. The van der Waals surface area contributed by atoms with Gasteiger partial charge in [0.05, 0.1) is 19.8 Å². The fourth-order valence-corrected chi connectivity index (χ4v) is 4.50. The number of likely N-dealkylation sites (tertiary alicyclic amines) is 1. The van der Waals surface area contributed by atoms with E-state index >= 15 is 0 Å². The van der Waals surface area contributed by atoms with Gasteiger partial charge in [-0.05, 0) is 48.1 Å². The number of hydrogen-bond donors (Lipinski definition) is 1. The van der Waals surface area contributed by atoms with Gasteiger partial charge in [0.1, 0.15) is 5.75 Å². The zero-order chi connectivity index (χ0) is 22.2. The van der Waals surface area contributed by atoms with Crippen LogP contribution in [0.4, 0.5) is 0 Å². The topological polar surface area (TPSA) is 55.3 Å². The van der Waals surface area contributed by atoms with E-state index < -0.39 is 0 Å². The minimum atomic E-state index is 0.318. The molecule has 2 aromatic carbocycles. The Morgan fingerprint density at radius 1 is 1.09 bits per heavy atom. The molecule has 2 aliphatic heterocycles. The van der Waals surface area contributed by atoms with Crippen LogP contribution in [0.1, 0.15) is 41.9 Å². The summed E-state index contributed by atoms with van der Waals surface area (Å²) in [5, 5.41) is 3.55. The van der Waals surface area contributed by atoms with Crippen LogP contribution in [-0.4, -0.2) is 57.4 Å². The predicted molar refractivity (Wildman–Crippen MR) is 127 cm³/mol. The van der Waals surface area contributed by atoms with Gasteiger partial charge in [0.2, 0.25) is 0 Å². The predicted octanol–water partition coefficient (Wildman–Crippen LogP) is 3.96. The standard InChI is InChI=1S/C26H35N3O3/c1-27-26(29-13-10-23(18-29)22-6-8-24(30-2)9-7-22)28-17-20-4-3-5-21(16-20)19-32-25-11-14-31-15-12-25/h3-9,16,23,25H,10-15,17-19H2,1-2H3,(H,27,28). The fourth-order valence-electron chi connectivity index (χ4n) is 4.50. The highest BCUT2D eigenvalue weighted by atomic mass is 16.5. The van der Waals surface area contributed by atoms with Gasteiger partial charge in [-0.25, -0.2) is 0 Å². The molecule has 0 aliphatic carbocycles. The second-order valence-electron chi connectivity index (χ2n) is 8.55. The molecule has 2 heterocycles. The number of guanidine groups is 1. The first-order valence-electron chi connectivity index (χ1n) is 11.6. The Balaban J connectivity index is 1.28. The van der Waals surface area contributed by atoms with Crippen molar-refractivity contribution in [2.75, 3.05) is 40.5 Å². The van der Waals surface area contributed by atoms with E-state index in [9.17, 15) is 0 Å². The number of aliphatic imine (C=N–C) groups is 1. The SMILES string of the molecule is CN=C(NCc1cccc(COC2CCOCC2)c1)N1CCC(c2ccc(OC)cc2)C1. The minimum absolute atomic E-state index is 0.318. The van der Waals surface area contributed by atoms with Crippen molar-refractivity contribution >= 4 is 5.96 Å². The van der Waals surface area contributed by atoms with Crippen LogP contribution in [-0.2, 0) is 22.6 Å². The molecule has 2 saturated heterocycles. The Kier molecular flexibility index (Phi) is 8.02. The van der Waals surface area contributed by atoms with E-state index in [1.807, 2.05) is 19.2 Å². The van der Waals surface area contributed by atoms with Crippen LogP contribution < -0.4 is 10.1 Å². The van der Waals surface area contributed by atoms with Crippen LogP contribution in [0.2, 0.25) is 0 Å². The maximum Gasteiger partial charge on any atom is 0.193 e.